The van der Waals surface area contributed by atoms with Crippen molar-refractivity contribution in [3.63, 3.8) is 0 Å². The molecule has 2 heterocycles. The Hall–Kier alpha value is -1.59. The van der Waals surface area contributed by atoms with Crippen molar-refractivity contribution < 1.29 is 14.4 Å². The average Bonchev–Trinajstić information content (AvgIpc) is 2.83. The summed E-state index contributed by atoms with van der Waals surface area (Å²) in [5.74, 6) is 0. The molecule has 26 heavy (non-hydrogen) atoms. The van der Waals surface area contributed by atoms with E-state index in [2.05, 4.69) is 15.9 Å². The van der Waals surface area contributed by atoms with Gasteiger partial charge in [0, 0.05) is 32.7 Å². The normalized spacial score (nSPS) is 22.5. The van der Waals surface area contributed by atoms with Gasteiger partial charge in [-0.15, -0.1) is 0 Å². The number of rotatable bonds is 4. The maximum absolute atomic E-state index is 9.66. The lowest BCUT2D eigenvalue weighted by atomic mass is 9.78. The Kier molecular flexibility index (Phi) is 5.31. The molecule has 7 heteroatoms. The lowest BCUT2D eigenvalue weighted by Gasteiger charge is -2.36. The lowest BCUT2D eigenvalue weighted by Crippen LogP contribution is -2.47. The van der Waals surface area contributed by atoms with Gasteiger partial charge in [0.15, 0.2) is 0 Å². The highest BCUT2D eigenvalue weighted by Gasteiger charge is 2.51. The summed E-state index contributed by atoms with van der Waals surface area (Å²) in [7, 11) is -0.456. The largest absolute Gasteiger partial charge is 0.494 e. The van der Waals surface area contributed by atoms with Gasteiger partial charge >= 0.3 is 7.12 Å². The fourth-order valence-corrected chi connectivity index (χ4v) is 3.40. The predicted octanol–water partition coefficient (Wildman–Crippen LogP) is 0.972. The summed E-state index contributed by atoms with van der Waals surface area (Å²) in [5, 5.41) is 18.7. The summed E-state index contributed by atoms with van der Waals surface area (Å²) in [6, 6.07) is 8.21. The number of piperazine rings is 1. The van der Waals surface area contributed by atoms with Crippen LogP contribution in [0.15, 0.2) is 18.2 Å². The number of β-amino-alcohol motifs (C(OH)–C–C–N with tert-alkyl or cyclic N) is 1. The molecule has 140 valence electrons. The lowest BCUT2D eigenvalue weighted by molar-refractivity contribution is 0.00578. The molecule has 2 aliphatic rings. The average molecular weight is 357 g/mol. The molecule has 2 fully saturated rings. The molecule has 0 unspecified atom stereocenters. The second kappa shape index (κ2) is 7.20. The fourth-order valence-electron chi connectivity index (χ4n) is 3.40. The van der Waals surface area contributed by atoms with Crippen LogP contribution in [0.2, 0.25) is 0 Å². The molecular weight excluding hydrogens is 329 g/mol. The summed E-state index contributed by atoms with van der Waals surface area (Å²) in [4.78, 5) is 4.47. The van der Waals surface area contributed by atoms with Gasteiger partial charge in [0.25, 0.3) is 0 Å². The number of aliphatic hydroxyl groups is 1. The highest BCUT2D eigenvalue weighted by Crippen LogP contribution is 2.36. The molecule has 0 atom stereocenters. The zero-order chi connectivity index (χ0) is 18.9. The van der Waals surface area contributed by atoms with Gasteiger partial charge in [-0.3, -0.25) is 4.90 Å². The van der Waals surface area contributed by atoms with Crippen LogP contribution in [0.3, 0.4) is 0 Å². The van der Waals surface area contributed by atoms with Gasteiger partial charge < -0.3 is 19.3 Å². The van der Waals surface area contributed by atoms with Crippen LogP contribution in [-0.2, 0) is 9.31 Å². The molecule has 0 aromatic heterocycles. The summed E-state index contributed by atoms with van der Waals surface area (Å²) in [5.41, 5.74) is 1.69. The number of nitrogens with zero attached hydrogens (tertiary/aromatic N) is 3. The second-order valence-electron chi connectivity index (χ2n) is 8.03. The van der Waals surface area contributed by atoms with Gasteiger partial charge in [0.2, 0.25) is 0 Å². The molecule has 0 spiro atoms. The Morgan fingerprint density at radius 1 is 1.12 bits per heavy atom. The first-order valence-electron chi connectivity index (χ1n) is 9.25. The molecule has 1 N–H and O–H groups in total. The second-order valence-corrected chi connectivity index (χ2v) is 8.03. The third kappa shape index (κ3) is 3.60. The van der Waals surface area contributed by atoms with Gasteiger partial charge in [-0.05, 0) is 45.3 Å². The highest BCUT2D eigenvalue weighted by molar-refractivity contribution is 6.62. The smallest absolute Gasteiger partial charge is 0.399 e. The van der Waals surface area contributed by atoms with Crippen LogP contribution >= 0.6 is 0 Å². The Labute approximate surface area is 156 Å². The Balaban J connectivity index is 1.77. The maximum atomic E-state index is 9.66. The molecule has 1 aromatic rings. The number of nitriles is 1. The van der Waals surface area contributed by atoms with Crippen molar-refractivity contribution in [2.24, 2.45) is 0 Å². The van der Waals surface area contributed by atoms with Crippen molar-refractivity contribution in [3.05, 3.63) is 23.8 Å². The molecule has 3 rings (SSSR count). The van der Waals surface area contributed by atoms with Gasteiger partial charge in [-0.25, -0.2) is 0 Å². The molecule has 0 bridgehead atoms. The summed E-state index contributed by atoms with van der Waals surface area (Å²) < 4.78 is 12.2. The minimum absolute atomic E-state index is 0.187. The van der Waals surface area contributed by atoms with E-state index < -0.39 is 18.3 Å². The standard InChI is InChI=1S/C19H28BN3O3/c1-18(2)19(3,4)26-20(25-18)16-5-6-17(15(13-16)14-21)23-9-7-22(8-10-23)11-12-24/h5-6,13,24H,7-12H2,1-4H3. The van der Waals surface area contributed by atoms with E-state index in [0.717, 1.165) is 37.3 Å². The van der Waals surface area contributed by atoms with E-state index in [1.54, 1.807) is 0 Å². The van der Waals surface area contributed by atoms with E-state index in [0.29, 0.717) is 12.1 Å². The summed E-state index contributed by atoms with van der Waals surface area (Å²) >= 11 is 0. The number of hydrogen-bond acceptors (Lipinski definition) is 6. The first-order valence-corrected chi connectivity index (χ1v) is 9.25. The van der Waals surface area contributed by atoms with Crippen LogP contribution in [0.5, 0.6) is 0 Å². The van der Waals surface area contributed by atoms with E-state index in [9.17, 15) is 5.26 Å². The zero-order valence-electron chi connectivity index (χ0n) is 16.2. The topological polar surface area (TPSA) is 69.0 Å². The maximum Gasteiger partial charge on any atom is 0.494 e. The monoisotopic (exact) mass is 357 g/mol. The van der Waals surface area contributed by atoms with Crippen molar-refractivity contribution in [1.82, 2.24) is 4.90 Å². The highest BCUT2D eigenvalue weighted by atomic mass is 16.7. The minimum Gasteiger partial charge on any atom is -0.399 e. The number of aliphatic hydroxyl groups excluding tert-OH is 1. The van der Waals surface area contributed by atoms with E-state index in [4.69, 9.17) is 14.4 Å². The van der Waals surface area contributed by atoms with Crippen LogP contribution < -0.4 is 10.4 Å². The fraction of sp³-hybridized carbons (Fsp3) is 0.632. The molecule has 0 aliphatic carbocycles. The van der Waals surface area contributed by atoms with Crippen molar-refractivity contribution in [2.75, 3.05) is 44.2 Å². The molecule has 0 saturated carbocycles. The predicted molar refractivity (Wildman–Crippen MR) is 103 cm³/mol. The molecular formula is C19H28BN3O3. The third-order valence-electron chi connectivity index (χ3n) is 5.80. The molecule has 2 aliphatic heterocycles. The van der Waals surface area contributed by atoms with Crippen molar-refractivity contribution >= 4 is 18.3 Å². The number of anilines is 1. The van der Waals surface area contributed by atoms with Gasteiger partial charge in [-0.2, -0.15) is 5.26 Å². The third-order valence-corrected chi connectivity index (χ3v) is 5.80. The van der Waals surface area contributed by atoms with E-state index in [-0.39, 0.29) is 6.61 Å². The van der Waals surface area contributed by atoms with Crippen LogP contribution in [0.1, 0.15) is 33.3 Å². The number of hydrogen-bond donors (Lipinski definition) is 1. The van der Waals surface area contributed by atoms with Gasteiger partial charge in [0.1, 0.15) is 6.07 Å². The van der Waals surface area contributed by atoms with E-state index >= 15 is 0 Å². The Bertz CT molecular complexity index is 678. The number of benzene rings is 1. The molecule has 1 aromatic carbocycles. The van der Waals surface area contributed by atoms with Crippen LogP contribution in [0, 0.1) is 11.3 Å². The van der Waals surface area contributed by atoms with Gasteiger partial charge in [-0.1, -0.05) is 6.07 Å². The van der Waals surface area contributed by atoms with Crippen molar-refractivity contribution in [3.8, 4) is 6.07 Å². The Morgan fingerprint density at radius 3 is 2.27 bits per heavy atom. The molecule has 0 radical (unpaired) electrons. The van der Waals surface area contributed by atoms with Crippen molar-refractivity contribution in [2.45, 2.75) is 38.9 Å². The van der Waals surface area contributed by atoms with Crippen LogP contribution in [0.4, 0.5) is 5.69 Å². The van der Waals surface area contributed by atoms with E-state index in [1.165, 1.54) is 0 Å². The van der Waals surface area contributed by atoms with Crippen molar-refractivity contribution in [1.29, 1.82) is 5.26 Å². The summed E-state index contributed by atoms with van der Waals surface area (Å²) in [6.45, 7) is 12.5. The molecule has 6 nitrogen and oxygen atoms in total. The Morgan fingerprint density at radius 2 is 1.73 bits per heavy atom. The molecule has 2 saturated heterocycles. The molecule has 0 amide bonds. The first kappa shape index (κ1) is 19.2. The van der Waals surface area contributed by atoms with Crippen LogP contribution in [-0.4, -0.2) is 67.7 Å². The van der Waals surface area contributed by atoms with Crippen LogP contribution in [0.25, 0.3) is 0 Å². The zero-order valence-corrected chi connectivity index (χ0v) is 16.2. The van der Waals surface area contributed by atoms with E-state index in [1.807, 2.05) is 45.9 Å². The summed E-state index contributed by atoms with van der Waals surface area (Å²) in [6.07, 6.45) is 0. The SMILES string of the molecule is CC1(C)OB(c2ccc(N3CCN(CCO)CC3)c(C#N)c2)OC1(C)C. The van der Waals surface area contributed by atoms with Gasteiger partial charge in [0.05, 0.1) is 29.1 Å². The minimum atomic E-state index is -0.456. The quantitative estimate of drug-likeness (QED) is 0.810. The first-order chi connectivity index (χ1) is 12.3.